The fraction of sp³-hybridized carbons (Fsp3) is 0.200. The van der Waals surface area contributed by atoms with Gasteiger partial charge in [0.05, 0.1) is 6.04 Å². The van der Waals surface area contributed by atoms with Gasteiger partial charge in [-0.25, -0.2) is 9.97 Å². The third kappa shape index (κ3) is 2.08. The van der Waals surface area contributed by atoms with Crippen molar-refractivity contribution in [3.63, 3.8) is 0 Å². The second kappa shape index (κ2) is 4.90. The zero-order chi connectivity index (χ0) is 14.3. The first-order chi connectivity index (χ1) is 9.58. The van der Waals surface area contributed by atoms with E-state index >= 15 is 0 Å². The van der Waals surface area contributed by atoms with E-state index < -0.39 is 0 Å². The Bertz CT molecular complexity index is 761. The predicted molar refractivity (Wildman–Crippen MR) is 84.6 cm³/mol. The maximum absolute atomic E-state index is 6.09. The van der Waals surface area contributed by atoms with Crippen LogP contribution < -0.4 is 5.73 Å². The smallest absolute Gasteiger partial charge is 0.203 e. The lowest BCUT2D eigenvalue weighted by molar-refractivity contribution is 0.662. The Morgan fingerprint density at radius 2 is 1.90 bits per heavy atom. The van der Waals surface area contributed by atoms with Gasteiger partial charge < -0.3 is 5.73 Å². The molecule has 1 unspecified atom stereocenters. The van der Waals surface area contributed by atoms with Crippen molar-refractivity contribution in [2.45, 2.75) is 19.9 Å². The van der Waals surface area contributed by atoms with Gasteiger partial charge in [0.25, 0.3) is 0 Å². The van der Waals surface area contributed by atoms with Crippen molar-refractivity contribution in [3.8, 4) is 0 Å². The number of benzene rings is 1. The van der Waals surface area contributed by atoms with Gasteiger partial charge in [0.1, 0.15) is 5.52 Å². The molecule has 0 aliphatic carbocycles. The molecule has 3 rings (SSSR count). The Morgan fingerprint density at radius 1 is 1.20 bits per heavy atom. The van der Waals surface area contributed by atoms with Crippen LogP contribution in [-0.4, -0.2) is 14.5 Å². The van der Waals surface area contributed by atoms with Crippen LogP contribution in [-0.2, 0) is 0 Å². The van der Waals surface area contributed by atoms with Gasteiger partial charge in [-0.1, -0.05) is 28.1 Å². The zero-order valence-corrected chi connectivity index (χ0v) is 12.9. The number of hydrogen-bond acceptors (Lipinski definition) is 3. The molecular weight excluding hydrogens is 316 g/mol. The van der Waals surface area contributed by atoms with Crippen LogP contribution in [0.5, 0.6) is 0 Å². The number of imidazole rings is 1. The van der Waals surface area contributed by atoms with Crippen molar-refractivity contribution < 1.29 is 0 Å². The molecule has 0 saturated carbocycles. The van der Waals surface area contributed by atoms with Gasteiger partial charge in [0, 0.05) is 10.7 Å². The molecule has 0 aliphatic rings. The van der Waals surface area contributed by atoms with Crippen molar-refractivity contribution >= 4 is 33.0 Å². The van der Waals surface area contributed by atoms with Crippen molar-refractivity contribution in [2.75, 3.05) is 5.73 Å². The quantitative estimate of drug-likeness (QED) is 0.779. The van der Waals surface area contributed by atoms with E-state index in [4.69, 9.17) is 5.73 Å². The first-order valence-corrected chi connectivity index (χ1v) is 7.21. The number of nitrogens with zero attached hydrogens (tertiary/aromatic N) is 3. The molecule has 1 aromatic carbocycles. The Kier molecular flexibility index (Phi) is 3.22. The largest absolute Gasteiger partial charge is 0.369 e. The number of nitrogens with two attached hydrogens (primary N) is 1. The Hall–Kier alpha value is -1.88. The van der Waals surface area contributed by atoms with E-state index in [0.717, 1.165) is 21.2 Å². The second-order valence-corrected chi connectivity index (χ2v) is 5.78. The van der Waals surface area contributed by atoms with Crippen LogP contribution in [0.25, 0.3) is 11.2 Å². The highest BCUT2D eigenvalue weighted by molar-refractivity contribution is 9.10. The predicted octanol–water partition coefficient (Wildman–Crippen LogP) is 3.69. The highest BCUT2D eigenvalue weighted by Crippen LogP contribution is 2.27. The summed E-state index contributed by atoms with van der Waals surface area (Å²) in [5.74, 6) is 0.497. The summed E-state index contributed by atoms with van der Waals surface area (Å²) in [5.41, 5.74) is 10.0. The number of fused-ring (bicyclic) bond motifs is 1. The third-order valence-corrected chi connectivity index (χ3v) is 4.08. The number of aryl methyl sites for hydroxylation is 1. The molecule has 0 aliphatic heterocycles. The molecule has 3 aromatic rings. The standard InChI is InChI=1S/C15H15BrN4/c1-9-7-8-18-14-13(9)19-15(17)20(14)10(2)11-3-5-12(16)6-4-11/h3-8,10H,1-2H3,(H2,17,19). The molecule has 0 spiro atoms. The maximum Gasteiger partial charge on any atom is 0.203 e. The van der Waals surface area contributed by atoms with Gasteiger partial charge in [-0.3, -0.25) is 4.57 Å². The minimum atomic E-state index is 0.0856. The van der Waals surface area contributed by atoms with Crippen LogP contribution in [0.1, 0.15) is 24.1 Å². The molecule has 4 nitrogen and oxygen atoms in total. The van der Waals surface area contributed by atoms with E-state index in [2.05, 4.69) is 45.0 Å². The molecular formula is C15H15BrN4. The van der Waals surface area contributed by atoms with Crippen LogP contribution >= 0.6 is 15.9 Å². The molecule has 1 atom stereocenters. The summed E-state index contributed by atoms with van der Waals surface area (Å²) < 4.78 is 3.04. The van der Waals surface area contributed by atoms with Gasteiger partial charge in [-0.15, -0.1) is 0 Å². The second-order valence-electron chi connectivity index (χ2n) is 4.87. The number of halogens is 1. The fourth-order valence-electron chi connectivity index (χ4n) is 2.40. The molecule has 20 heavy (non-hydrogen) atoms. The van der Waals surface area contributed by atoms with Crippen LogP contribution in [0.4, 0.5) is 5.95 Å². The number of anilines is 1. The molecule has 2 heterocycles. The first kappa shape index (κ1) is 13.1. The van der Waals surface area contributed by atoms with Crippen LogP contribution in [0.3, 0.4) is 0 Å². The van der Waals surface area contributed by atoms with Crippen molar-refractivity contribution in [3.05, 3.63) is 52.1 Å². The zero-order valence-electron chi connectivity index (χ0n) is 11.3. The normalized spacial score (nSPS) is 12.8. The van der Waals surface area contributed by atoms with E-state index in [1.54, 1.807) is 6.20 Å². The van der Waals surface area contributed by atoms with E-state index in [1.165, 1.54) is 5.56 Å². The van der Waals surface area contributed by atoms with E-state index in [0.29, 0.717) is 5.95 Å². The topological polar surface area (TPSA) is 56.7 Å². The molecule has 0 fully saturated rings. The Balaban J connectivity index is 2.16. The van der Waals surface area contributed by atoms with Crippen molar-refractivity contribution in [1.82, 2.24) is 14.5 Å². The minimum Gasteiger partial charge on any atom is -0.369 e. The maximum atomic E-state index is 6.09. The van der Waals surface area contributed by atoms with Gasteiger partial charge in [-0.2, -0.15) is 0 Å². The van der Waals surface area contributed by atoms with Gasteiger partial charge >= 0.3 is 0 Å². The summed E-state index contributed by atoms with van der Waals surface area (Å²) >= 11 is 3.45. The molecule has 2 N–H and O–H groups in total. The van der Waals surface area contributed by atoms with E-state index in [9.17, 15) is 0 Å². The van der Waals surface area contributed by atoms with Crippen LogP contribution in [0, 0.1) is 6.92 Å². The highest BCUT2D eigenvalue weighted by atomic mass is 79.9. The van der Waals surface area contributed by atoms with Crippen molar-refractivity contribution in [2.24, 2.45) is 0 Å². The molecule has 0 radical (unpaired) electrons. The monoisotopic (exact) mass is 330 g/mol. The van der Waals surface area contributed by atoms with Crippen LogP contribution in [0.2, 0.25) is 0 Å². The number of aromatic nitrogens is 3. The first-order valence-electron chi connectivity index (χ1n) is 6.42. The van der Waals surface area contributed by atoms with Gasteiger partial charge in [-0.05, 0) is 43.2 Å². The molecule has 2 aromatic heterocycles. The summed E-state index contributed by atoms with van der Waals surface area (Å²) in [6.45, 7) is 4.12. The summed E-state index contributed by atoms with van der Waals surface area (Å²) in [7, 11) is 0. The highest BCUT2D eigenvalue weighted by Gasteiger charge is 2.17. The van der Waals surface area contributed by atoms with Gasteiger partial charge in [0.15, 0.2) is 5.65 Å². The number of hydrogen-bond donors (Lipinski definition) is 1. The Labute approximate surface area is 125 Å². The number of rotatable bonds is 2. The number of nitrogen functional groups attached to an aromatic ring is 1. The molecule has 0 saturated heterocycles. The lowest BCUT2D eigenvalue weighted by Crippen LogP contribution is -2.10. The fourth-order valence-corrected chi connectivity index (χ4v) is 2.66. The SMILES string of the molecule is Cc1ccnc2c1nc(N)n2C(C)c1ccc(Br)cc1. The Morgan fingerprint density at radius 3 is 2.60 bits per heavy atom. The molecule has 102 valence electrons. The van der Waals surface area contributed by atoms with E-state index in [-0.39, 0.29) is 6.04 Å². The number of pyridine rings is 1. The van der Waals surface area contributed by atoms with E-state index in [1.807, 2.05) is 29.7 Å². The average Bonchev–Trinajstić information content (AvgIpc) is 2.77. The minimum absolute atomic E-state index is 0.0856. The van der Waals surface area contributed by atoms with Gasteiger partial charge in [0.2, 0.25) is 5.95 Å². The van der Waals surface area contributed by atoms with Crippen molar-refractivity contribution in [1.29, 1.82) is 0 Å². The lowest BCUT2D eigenvalue weighted by atomic mass is 10.1. The molecule has 0 bridgehead atoms. The summed E-state index contributed by atoms with van der Waals surface area (Å²) in [4.78, 5) is 8.88. The summed E-state index contributed by atoms with van der Waals surface area (Å²) in [6.07, 6.45) is 1.80. The summed E-state index contributed by atoms with van der Waals surface area (Å²) in [5, 5.41) is 0. The molecule has 0 amide bonds. The average molecular weight is 331 g/mol. The summed E-state index contributed by atoms with van der Waals surface area (Å²) in [6, 6.07) is 10.2. The third-order valence-electron chi connectivity index (χ3n) is 3.55. The molecule has 5 heteroatoms. The van der Waals surface area contributed by atoms with Crippen LogP contribution in [0.15, 0.2) is 41.0 Å². The lowest BCUT2D eigenvalue weighted by Gasteiger charge is -2.16.